The summed E-state index contributed by atoms with van der Waals surface area (Å²) in [6, 6.07) is 6.21. The Hall–Kier alpha value is -3.96. The van der Waals surface area contributed by atoms with Gasteiger partial charge in [-0.15, -0.1) is 5.10 Å². The molecule has 3 aromatic rings. The van der Waals surface area contributed by atoms with E-state index >= 15 is 0 Å². The molecule has 0 amide bonds. The molecule has 11 heteroatoms. The van der Waals surface area contributed by atoms with Crippen LogP contribution in [0.3, 0.4) is 0 Å². The summed E-state index contributed by atoms with van der Waals surface area (Å²) in [4.78, 5) is 11.3. The maximum absolute atomic E-state index is 7.95. The number of hydrogen-bond donors (Lipinski definition) is 3. The number of allylic oxidation sites excluding steroid dienone is 1. The van der Waals surface area contributed by atoms with Gasteiger partial charge in [-0.2, -0.15) is 9.50 Å². The van der Waals surface area contributed by atoms with E-state index in [9.17, 15) is 0 Å². The molecular weight excluding hydrogens is 460 g/mol. The minimum Gasteiger partial charge on any atom is -0.491 e. The maximum Gasteiger partial charge on any atom is 0.225 e. The number of methoxy groups -OCH3 is 1. The van der Waals surface area contributed by atoms with Crippen molar-refractivity contribution in [2.24, 2.45) is 0 Å². The third-order valence-electron chi connectivity index (χ3n) is 5.95. The predicted octanol–water partition coefficient (Wildman–Crippen LogP) is 2.72. The summed E-state index contributed by atoms with van der Waals surface area (Å²) in [6.07, 6.45) is 5.16. The molecule has 36 heavy (non-hydrogen) atoms. The van der Waals surface area contributed by atoms with Crippen molar-refractivity contribution in [3.05, 3.63) is 59.6 Å². The summed E-state index contributed by atoms with van der Waals surface area (Å²) in [5, 5.41) is 15.7. The number of rotatable bonds is 12. The molecule has 0 saturated heterocycles. The summed E-state index contributed by atoms with van der Waals surface area (Å²) >= 11 is 0. The van der Waals surface area contributed by atoms with Gasteiger partial charge in [0.15, 0.2) is 11.4 Å². The summed E-state index contributed by atoms with van der Waals surface area (Å²) in [5.41, 5.74) is 9.63. The Morgan fingerprint density at radius 3 is 2.92 bits per heavy atom. The lowest BCUT2D eigenvalue weighted by Gasteiger charge is -2.30. The number of ether oxygens (including phenoxy) is 3. The van der Waals surface area contributed by atoms with E-state index in [0.29, 0.717) is 48.4 Å². The number of aromatic nitrogens is 4. The topological polar surface area (TPSA) is 136 Å². The van der Waals surface area contributed by atoms with Gasteiger partial charge in [-0.25, -0.2) is 4.98 Å². The highest BCUT2D eigenvalue weighted by Gasteiger charge is 2.21. The molecule has 1 aliphatic rings. The van der Waals surface area contributed by atoms with Crippen molar-refractivity contribution in [1.82, 2.24) is 24.5 Å². The normalized spacial score (nSPS) is 13.9. The zero-order valence-corrected chi connectivity index (χ0v) is 20.7. The average Bonchev–Trinajstić information content (AvgIpc) is 3.33. The Morgan fingerprint density at radius 2 is 2.17 bits per heavy atom. The van der Waals surface area contributed by atoms with Crippen LogP contribution in [0.25, 0.3) is 11.4 Å². The number of fused-ring (bicyclic) bond motifs is 2. The number of nitrogens with zero attached hydrogens (tertiary/aromatic N) is 5. The largest absolute Gasteiger partial charge is 0.491 e. The van der Waals surface area contributed by atoms with Crippen molar-refractivity contribution >= 4 is 29.4 Å². The molecule has 3 heterocycles. The summed E-state index contributed by atoms with van der Waals surface area (Å²) in [6.45, 7) is 9.69. The Bertz CT molecular complexity index is 1270. The Balaban J connectivity index is 1.44. The molecule has 1 aromatic carbocycles. The minimum absolute atomic E-state index is 0.166. The molecule has 0 bridgehead atoms. The van der Waals surface area contributed by atoms with E-state index in [0.717, 1.165) is 31.8 Å². The first-order valence-electron chi connectivity index (χ1n) is 11.8. The van der Waals surface area contributed by atoms with Gasteiger partial charge in [0.2, 0.25) is 11.8 Å². The quantitative estimate of drug-likeness (QED) is 0.198. The molecule has 0 fully saturated rings. The molecular formula is C25H32N8O3. The Kier molecular flexibility index (Phi) is 8.13. The van der Waals surface area contributed by atoms with Crippen LogP contribution in [0.4, 0.5) is 11.8 Å². The van der Waals surface area contributed by atoms with Crippen LogP contribution >= 0.6 is 0 Å². The molecule has 2 aromatic heterocycles. The minimum atomic E-state index is 0.166. The van der Waals surface area contributed by atoms with Crippen molar-refractivity contribution in [3.63, 3.8) is 0 Å². The lowest BCUT2D eigenvalue weighted by molar-refractivity contribution is 0.145. The highest BCUT2D eigenvalue weighted by molar-refractivity contribution is 5.93. The second kappa shape index (κ2) is 11.6. The average molecular weight is 493 g/mol. The second-order valence-corrected chi connectivity index (χ2v) is 8.17. The number of nitrogens with two attached hydrogens (primary N) is 1. The third kappa shape index (κ3) is 5.31. The SMILES string of the molecule is C=CO/C(=C\C)c1nc2c(C=N)c(NCCN3CCc4c(cccc4OCCOC)C3)nc(N)n2n1. The molecule has 0 aliphatic carbocycles. The van der Waals surface area contributed by atoms with Gasteiger partial charge in [-0.3, -0.25) is 4.90 Å². The van der Waals surface area contributed by atoms with Crippen LogP contribution in [0.5, 0.6) is 5.75 Å². The van der Waals surface area contributed by atoms with Crippen LogP contribution in [0.15, 0.2) is 37.1 Å². The van der Waals surface area contributed by atoms with Crippen molar-refractivity contribution < 1.29 is 14.2 Å². The first-order valence-corrected chi connectivity index (χ1v) is 11.8. The molecule has 0 unspecified atom stereocenters. The van der Waals surface area contributed by atoms with Crippen LogP contribution < -0.4 is 15.8 Å². The first kappa shape index (κ1) is 25.1. The van der Waals surface area contributed by atoms with Crippen molar-refractivity contribution in [1.29, 1.82) is 5.41 Å². The van der Waals surface area contributed by atoms with Crippen LogP contribution in [0, 0.1) is 5.41 Å². The standard InChI is InChI=1S/C25H32N8O3/c1-4-20(35-5-2)23-29-24-19(15-26)22(30-25(27)33(24)31-23)28-10-12-32-11-9-18-17(16-32)7-6-8-21(18)36-14-13-34-3/h4-8,15,26,28H,2,9-14,16H2,1,3H3,(H2,27,30)/b20-4-,26-15?. The number of benzene rings is 1. The Morgan fingerprint density at radius 1 is 1.31 bits per heavy atom. The summed E-state index contributed by atoms with van der Waals surface area (Å²) in [5.74, 6) is 2.38. The molecule has 0 saturated carbocycles. The number of nitrogen functional groups attached to an aromatic ring is 1. The maximum atomic E-state index is 7.95. The van der Waals surface area contributed by atoms with Crippen LogP contribution in [0.2, 0.25) is 0 Å². The van der Waals surface area contributed by atoms with Gasteiger partial charge in [-0.05, 0) is 36.6 Å². The molecule has 0 spiro atoms. The highest BCUT2D eigenvalue weighted by Crippen LogP contribution is 2.28. The molecule has 190 valence electrons. The fourth-order valence-corrected chi connectivity index (χ4v) is 4.21. The smallest absolute Gasteiger partial charge is 0.225 e. The molecule has 11 nitrogen and oxygen atoms in total. The summed E-state index contributed by atoms with van der Waals surface area (Å²) in [7, 11) is 1.67. The zero-order chi connectivity index (χ0) is 25.5. The van der Waals surface area contributed by atoms with E-state index in [2.05, 4.69) is 37.9 Å². The Labute approximate surface area is 210 Å². The third-order valence-corrected chi connectivity index (χ3v) is 5.95. The second-order valence-electron chi connectivity index (χ2n) is 8.17. The van der Waals surface area contributed by atoms with E-state index in [1.807, 2.05) is 19.1 Å². The van der Waals surface area contributed by atoms with Gasteiger partial charge in [-0.1, -0.05) is 18.7 Å². The van der Waals surface area contributed by atoms with E-state index < -0.39 is 0 Å². The molecule has 4 rings (SSSR count). The van der Waals surface area contributed by atoms with Gasteiger partial charge >= 0.3 is 0 Å². The lowest BCUT2D eigenvalue weighted by atomic mass is 9.98. The molecule has 4 N–H and O–H groups in total. The van der Waals surface area contributed by atoms with E-state index in [4.69, 9.17) is 25.4 Å². The van der Waals surface area contributed by atoms with Gasteiger partial charge in [0.1, 0.15) is 18.2 Å². The monoisotopic (exact) mass is 492 g/mol. The number of nitrogens with one attached hydrogen (secondary N) is 2. The van der Waals surface area contributed by atoms with Gasteiger partial charge in [0, 0.05) is 39.5 Å². The zero-order valence-electron chi connectivity index (χ0n) is 20.7. The fourth-order valence-electron chi connectivity index (χ4n) is 4.21. The van der Waals surface area contributed by atoms with E-state index in [1.54, 1.807) is 13.2 Å². The highest BCUT2D eigenvalue weighted by atomic mass is 16.5. The van der Waals surface area contributed by atoms with Gasteiger partial charge in [0.05, 0.1) is 18.4 Å². The van der Waals surface area contributed by atoms with Crippen LogP contribution in [-0.4, -0.2) is 70.7 Å². The van der Waals surface area contributed by atoms with Crippen molar-refractivity contribution in [3.8, 4) is 5.75 Å². The molecule has 0 radical (unpaired) electrons. The van der Waals surface area contributed by atoms with Crippen molar-refractivity contribution in [2.45, 2.75) is 19.9 Å². The van der Waals surface area contributed by atoms with E-state index in [-0.39, 0.29) is 5.95 Å². The number of hydrogen-bond acceptors (Lipinski definition) is 10. The summed E-state index contributed by atoms with van der Waals surface area (Å²) < 4.78 is 17.8. The lowest BCUT2D eigenvalue weighted by Crippen LogP contribution is -2.34. The number of anilines is 2. The fraction of sp³-hybridized carbons (Fsp3) is 0.360. The van der Waals surface area contributed by atoms with E-state index in [1.165, 1.54) is 28.1 Å². The van der Waals surface area contributed by atoms with Crippen molar-refractivity contribution in [2.75, 3.05) is 51.0 Å². The van der Waals surface area contributed by atoms with Crippen LogP contribution in [0.1, 0.15) is 29.4 Å². The predicted molar refractivity (Wildman–Crippen MR) is 139 cm³/mol. The first-order chi connectivity index (χ1) is 17.6. The van der Waals surface area contributed by atoms with Crippen LogP contribution in [-0.2, 0) is 22.4 Å². The molecule has 0 atom stereocenters. The molecule has 1 aliphatic heterocycles. The van der Waals surface area contributed by atoms with Gasteiger partial charge < -0.3 is 30.7 Å². The van der Waals surface area contributed by atoms with Gasteiger partial charge in [0.25, 0.3) is 0 Å².